The normalized spacial score (nSPS) is 18.0. The quantitative estimate of drug-likeness (QED) is 0.226. The van der Waals surface area contributed by atoms with Gasteiger partial charge in [-0.2, -0.15) is 0 Å². The van der Waals surface area contributed by atoms with E-state index in [1.54, 1.807) is 25.1 Å². The topological polar surface area (TPSA) is 109 Å². The molecule has 3 heterocycles. The van der Waals surface area contributed by atoms with Crippen LogP contribution in [0.2, 0.25) is 0 Å². The molecule has 0 N–H and O–H groups in total. The van der Waals surface area contributed by atoms with E-state index < -0.39 is 5.92 Å². The number of ketones is 1. The largest absolute Gasteiger partial charge is 0.493 e. The van der Waals surface area contributed by atoms with Crippen molar-refractivity contribution in [1.29, 1.82) is 0 Å². The third kappa shape index (κ3) is 4.90. The summed E-state index contributed by atoms with van der Waals surface area (Å²) in [6.45, 7) is 6.08. The van der Waals surface area contributed by atoms with E-state index in [2.05, 4.69) is 29.1 Å². The Bertz CT molecular complexity index is 1710. The van der Waals surface area contributed by atoms with Crippen molar-refractivity contribution in [2.45, 2.75) is 46.1 Å². The third-order valence-corrected chi connectivity index (χ3v) is 7.43. The first-order valence-electron chi connectivity index (χ1n) is 13.4. The Labute approximate surface area is 237 Å². The molecule has 0 amide bonds. The monoisotopic (exact) mass is 553 g/mol. The van der Waals surface area contributed by atoms with Crippen LogP contribution in [0.4, 0.5) is 0 Å². The van der Waals surface area contributed by atoms with Gasteiger partial charge in [-0.15, -0.1) is 5.10 Å². The summed E-state index contributed by atoms with van der Waals surface area (Å²) in [5, 5.41) is 8.81. The number of aromatic nitrogens is 4. The summed E-state index contributed by atoms with van der Waals surface area (Å²) in [4.78, 5) is 28.7. The summed E-state index contributed by atoms with van der Waals surface area (Å²) < 4.78 is 19.0. The minimum atomic E-state index is -0.482. The van der Waals surface area contributed by atoms with Gasteiger partial charge < -0.3 is 19.0 Å². The molecular formula is C31H31N5O5. The van der Waals surface area contributed by atoms with Crippen molar-refractivity contribution >= 4 is 17.1 Å². The second-order valence-corrected chi connectivity index (χ2v) is 11.0. The zero-order chi connectivity index (χ0) is 28.7. The molecule has 4 aromatic rings. The van der Waals surface area contributed by atoms with Crippen LogP contribution in [0.5, 0.6) is 17.4 Å². The molecule has 1 aliphatic carbocycles. The Hall–Kier alpha value is -4.73. The van der Waals surface area contributed by atoms with Crippen molar-refractivity contribution in [3.8, 4) is 17.4 Å². The van der Waals surface area contributed by atoms with Gasteiger partial charge in [0.05, 0.1) is 31.4 Å². The van der Waals surface area contributed by atoms with Gasteiger partial charge in [-0.3, -0.25) is 4.79 Å². The molecule has 6 rings (SSSR count). The van der Waals surface area contributed by atoms with Crippen LogP contribution in [0.3, 0.4) is 0 Å². The van der Waals surface area contributed by atoms with Gasteiger partial charge in [-0.25, -0.2) is 14.5 Å². The number of nitrogens with zero attached hydrogens (tertiary/aromatic N) is 5. The lowest BCUT2D eigenvalue weighted by atomic mass is 9.70. The van der Waals surface area contributed by atoms with Crippen LogP contribution in [-0.4, -0.2) is 45.3 Å². The van der Waals surface area contributed by atoms with E-state index >= 15 is 0 Å². The standard InChI is InChI=1S/C31H31N5O5/c1-18(19-9-7-6-8-10-19)35-40-16-25-33-29-28-26(20-11-12-22(38-4)23(13-20)39-5)27-21(37)14-31(2,3)15-24(27)41-30(28)32-17-36(29)34-25/h6-13,17,26H,14-16H2,1-5H3/b35-18-. The Balaban J connectivity index is 1.43. The number of rotatable bonds is 7. The fourth-order valence-corrected chi connectivity index (χ4v) is 5.54. The molecule has 0 radical (unpaired) electrons. The number of Topliss-reactive ketones (excluding diaryl/α,β-unsaturated/α-hetero) is 1. The highest BCUT2D eigenvalue weighted by molar-refractivity contribution is 6.00. The maximum absolute atomic E-state index is 13.7. The predicted octanol–water partition coefficient (Wildman–Crippen LogP) is 5.25. The van der Waals surface area contributed by atoms with Crippen LogP contribution < -0.4 is 14.2 Å². The Morgan fingerprint density at radius 3 is 2.63 bits per heavy atom. The maximum atomic E-state index is 13.7. The number of hydrogen-bond donors (Lipinski definition) is 0. The summed E-state index contributed by atoms with van der Waals surface area (Å²) in [5.41, 5.74) is 4.13. The van der Waals surface area contributed by atoms with Crippen LogP contribution in [-0.2, 0) is 16.2 Å². The van der Waals surface area contributed by atoms with Crippen molar-refractivity contribution in [3.05, 3.63) is 88.7 Å². The number of allylic oxidation sites excluding steroid dienone is 2. The minimum absolute atomic E-state index is 0.0393. The lowest BCUT2D eigenvalue weighted by Crippen LogP contribution is -2.33. The van der Waals surface area contributed by atoms with Crippen molar-refractivity contribution in [2.24, 2.45) is 10.6 Å². The van der Waals surface area contributed by atoms with Gasteiger partial charge in [0.15, 0.2) is 35.4 Å². The van der Waals surface area contributed by atoms with Crippen LogP contribution >= 0.6 is 0 Å². The molecule has 1 atom stereocenters. The first-order valence-corrected chi connectivity index (χ1v) is 13.4. The number of benzene rings is 2. The molecule has 210 valence electrons. The molecular weight excluding hydrogens is 522 g/mol. The number of oxime groups is 1. The number of hydrogen-bond acceptors (Lipinski definition) is 9. The molecule has 0 saturated carbocycles. The summed E-state index contributed by atoms with van der Waals surface area (Å²) >= 11 is 0. The maximum Gasteiger partial charge on any atom is 0.228 e. The second-order valence-electron chi connectivity index (χ2n) is 11.0. The fourth-order valence-electron chi connectivity index (χ4n) is 5.54. The highest BCUT2D eigenvalue weighted by Crippen LogP contribution is 2.51. The number of carbonyl (C=O) groups is 1. The fraction of sp³-hybridized carbons (Fsp3) is 0.323. The first kappa shape index (κ1) is 26.5. The molecule has 0 bridgehead atoms. The number of carbonyl (C=O) groups excluding carboxylic acids is 1. The first-order chi connectivity index (χ1) is 19.8. The van der Waals surface area contributed by atoms with Gasteiger partial charge in [-0.05, 0) is 35.6 Å². The van der Waals surface area contributed by atoms with Gasteiger partial charge in [-0.1, -0.05) is 55.4 Å². The van der Waals surface area contributed by atoms with E-state index in [0.29, 0.717) is 58.6 Å². The summed E-state index contributed by atoms with van der Waals surface area (Å²) in [7, 11) is 3.18. The Kier molecular flexibility index (Phi) is 6.69. The average molecular weight is 554 g/mol. The summed E-state index contributed by atoms with van der Waals surface area (Å²) in [5.74, 6) is 2.18. The second kappa shape index (κ2) is 10.3. The van der Waals surface area contributed by atoms with Crippen molar-refractivity contribution in [1.82, 2.24) is 19.6 Å². The molecule has 2 aromatic carbocycles. The molecule has 10 heteroatoms. The van der Waals surface area contributed by atoms with Crippen molar-refractivity contribution < 1.29 is 23.8 Å². The number of fused-ring (bicyclic) bond motifs is 3. The highest BCUT2D eigenvalue weighted by atomic mass is 16.6. The van der Waals surface area contributed by atoms with Crippen LogP contribution in [0.1, 0.15) is 62.0 Å². The minimum Gasteiger partial charge on any atom is -0.493 e. The smallest absolute Gasteiger partial charge is 0.228 e. The number of methoxy groups -OCH3 is 2. The lowest BCUT2D eigenvalue weighted by molar-refractivity contribution is -0.118. The van der Waals surface area contributed by atoms with Gasteiger partial charge in [0.25, 0.3) is 0 Å². The molecule has 2 aliphatic rings. The summed E-state index contributed by atoms with van der Waals surface area (Å²) in [6.07, 6.45) is 2.60. The number of ether oxygens (including phenoxy) is 3. The third-order valence-electron chi connectivity index (χ3n) is 7.43. The predicted molar refractivity (Wildman–Crippen MR) is 151 cm³/mol. The van der Waals surface area contributed by atoms with Gasteiger partial charge in [0.2, 0.25) is 5.88 Å². The van der Waals surface area contributed by atoms with E-state index in [1.807, 2.05) is 55.5 Å². The Morgan fingerprint density at radius 2 is 1.88 bits per heavy atom. The zero-order valence-electron chi connectivity index (χ0n) is 23.7. The zero-order valence-corrected chi connectivity index (χ0v) is 23.7. The van der Waals surface area contributed by atoms with Crippen LogP contribution in [0.15, 0.2) is 71.3 Å². The highest BCUT2D eigenvalue weighted by Gasteiger charge is 2.44. The molecule has 0 fully saturated rings. The SMILES string of the molecule is COc1ccc(C2C3=C(CC(C)(C)CC3=O)Oc3ncn4nc(CO/N=C(/C)c5ccccc5)nc4c32)cc1OC. The van der Waals surface area contributed by atoms with Crippen molar-refractivity contribution in [2.75, 3.05) is 14.2 Å². The van der Waals surface area contributed by atoms with E-state index in [1.165, 1.54) is 0 Å². The molecule has 0 saturated heterocycles. The molecule has 1 aliphatic heterocycles. The molecule has 10 nitrogen and oxygen atoms in total. The Morgan fingerprint density at radius 1 is 1.10 bits per heavy atom. The van der Waals surface area contributed by atoms with E-state index in [9.17, 15) is 4.79 Å². The molecule has 41 heavy (non-hydrogen) atoms. The average Bonchev–Trinajstić information content (AvgIpc) is 3.38. The molecule has 0 spiro atoms. The lowest BCUT2D eigenvalue weighted by Gasteiger charge is -2.37. The molecule has 2 aromatic heterocycles. The van der Waals surface area contributed by atoms with Crippen LogP contribution in [0.25, 0.3) is 5.65 Å². The van der Waals surface area contributed by atoms with Crippen molar-refractivity contribution in [3.63, 3.8) is 0 Å². The van der Waals surface area contributed by atoms with Gasteiger partial charge >= 0.3 is 0 Å². The van der Waals surface area contributed by atoms with E-state index in [0.717, 1.165) is 16.8 Å². The van der Waals surface area contributed by atoms with Gasteiger partial charge in [0.1, 0.15) is 12.1 Å². The van der Waals surface area contributed by atoms with Gasteiger partial charge in [0, 0.05) is 18.4 Å². The molecule has 1 unspecified atom stereocenters. The van der Waals surface area contributed by atoms with E-state index in [-0.39, 0.29) is 17.8 Å². The van der Waals surface area contributed by atoms with E-state index in [4.69, 9.17) is 24.0 Å². The van der Waals surface area contributed by atoms with Crippen LogP contribution in [0, 0.1) is 5.41 Å². The summed E-state index contributed by atoms with van der Waals surface area (Å²) in [6, 6.07) is 15.4.